The number of nitrogen functional groups attached to an aromatic ring is 1. The molecule has 2 rings (SSSR count). The van der Waals surface area contributed by atoms with Gasteiger partial charge in [-0.2, -0.15) is 0 Å². The van der Waals surface area contributed by atoms with E-state index >= 15 is 0 Å². The van der Waals surface area contributed by atoms with E-state index in [4.69, 9.17) is 5.73 Å². The number of rotatable bonds is 2. The van der Waals surface area contributed by atoms with E-state index in [1.807, 2.05) is 51.1 Å². The van der Waals surface area contributed by atoms with Gasteiger partial charge in [0.15, 0.2) is 0 Å². The number of carbonyl (C=O) groups excluding carboxylic acids is 1. The second-order valence-electron chi connectivity index (χ2n) is 4.91. The van der Waals surface area contributed by atoms with Gasteiger partial charge in [0.2, 0.25) is 0 Å². The molecule has 0 atom stereocenters. The summed E-state index contributed by atoms with van der Waals surface area (Å²) in [6.45, 7) is 5.87. The van der Waals surface area contributed by atoms with Crippen LogP contribution in [-0.4, -0.2) is 5.91 Å². The molecule has 0 radical (unpaired) electrons. The lowest BCUT2D eigenvalue weighted by atomic mass is 10.1. The van der Waals surface area contributed by atoms with E-state index in [0.717, 1.165) is 31.6 Å². The molecule has 104 valence electrons. The molecule has 0 saturated heterocycles. The smallest absolute Gasteiger partial charge is 0.256 e. The van der Waals surface area contributed by atoms with E-state index < -0.39 is 0 Å². The van der Waals surface area contributed by atoms with Gasteiger partial charge in [-0.25, -0.2) is 0 Å². The highest BCUT2D eigenvalue weighted by Gasteiger charge is 2.13. The summed E-state index contributed by atoms with van der Waals surface area (Å²) >= 11 is 2.20. The molecule has 0 bridgehead atoms. The van der Waals surface area contributed by atoms with Crippen molar-refractivity contribution in [3.05, 3.63) is 56.2 Å². The lowest BCUT2D eigenvalue weighted by Gasteiger charge is -2.12. The zero-order valence-electron chi connectivity index (χ0n) is 11.8. The average Bonchev–Trinajstić information content (AvgIpc) is 2.39. The summed E-state index contributed by atoms with van der Waals surface area (Å²) in [5.74, 6) is -0.0922. The third-order valence-electron chi connectivity index (χ3n) is 3.30. The first-order valence-corrected chi connectivity index (χ1v) is 7.41. The third kappa shape index (κ3) is 2.95. The zero-order valence-corrected chi connectivity index (χ0v) is 13.9. The number of nitrogens with two attached hydrogens (primary N) is 1. The second kappa shape index (κ2) is 5.83. The molecule has 20 heavy (non-hydrogen) atoms. The summed E-state index contributed by atoms with van der Waals surface area (Å²) in [5.41, 5.74) is 11.1. The summed E-state index contributed by atoms with van der Waals surface area (Å²) in [4.78, 5) is 12.4. The summed E-state index contributed by atoms with van der Waals surface area (Å²) in [6.07, 6.45) is 0. The SMILES string of the molecule is Cc1cc(NC(=O)c2cccc(C)c2I)c(C)cc1N. The van der Waals surface area contributed by atoms with Crippen molar-refractivity contribution in [3.63, 3.8) is 0 Å². The number of nitrogens with one attached hydrogen (secondary N) is 1. The minimum absolute atomic E-state index is 0.0922. The molecule has 4 heteroatoms. The molecule has 2 aromatic carbocycles. The van der Waals surface area contributed by atoms with Crippen molar-refractivity contribution >= 4 is 39.9 Å². The topological polar surface area (TPSA) is 55.1 Å². The lowest BCUT2D eigenvalue weighted by Crippen LogP contribution is -2.15. The van der Waals surface area contributed by atoms with Crippen LogP contribution in [0, 0.1) is 24.3 Å². The number of anilines is 2. The minimum Gasteiger partial charge on any atom is -0.399 e. The molecule has 0 aromatic heterocycles. The van der Waals surface area contributed by atoms with E-state index in [1.54, 1.807) is 0 Å². The molecular formula is C16H17IN2O. The van der Waals surface area contributed by atoms with Crippen molar-refractivity contribution < 1.29 is 4.79 Å². The number of hydrogen-bond donors (Lipinski definition) is 2. The maximum atomic E-state index is 12.4. The third-order valence-corrected chi connectivity index (χ3v) is 4.73. The average molecular weight is 380 g/mol. The molecule has 3 N–H and O–H groups in total. The summed E-state index contributed by atoms with van der Waals surface area (Å²) in [7, 11) is 0. The van der Waals surface area contributed by atoms with E-state index in [-0.39, 0.29) is 5.91 Å². The fraction of sp³-hybridized carbons (Fsp3) is 0.188. The second-order valence-corrected chi connectivity index (χ2v) is 5.99. The molecule has 0 unspecified atom stereocenters. The van der Waals surface area contributed by atoms with Crippen LogP contribution in [0.1, 0.15) is 27.0 Å². The fourth-order valence-electron chi connectivity index (χ4n) is 1.99. The Morgan fingerprint density at radius 2 is 1.80 bits per heavy atom. The van der Waals surface area contributed by atoms with Crippen LogP contribution in [0.15, 0.2) is 30.3 Å². The highest BCUT2D eigenvalue weighted by Crippen LogP contribution is 2.24. The maximum absolute atomic E-state index is 12.4. The van der Waals surface area contributed by atoms with Gasteiger partial charge in [-0.05, 0) is 78.3 Å². The standard InChI is InChI=1S/C16H17IN2O/c1-9-5-4-6-12(15(9)17)16(20)19-14-8-10(2)13(18)7-11(14)3/h4-8H,18H2,1-3H3,(H,19,20). The maximum Gasteiger partial charge on any atom is 0.256 e. The number of aryl methyl sites for hydroxylation is 3. The van der Waals surface area contributed by atoms with Gasteiger partial charge >= 0.3 is 0 Å². The van der Waals surface area contributed by atoms with E-state index in [1.165, 1.54) is 0 Å². The Morgan fingerprint density at radius 1 is 1.10 bits per heavy atom. The van der Waals surface area contributed by atoms with Crippen molar-refractivity contribution in [2.75, 3.05) is 11.1 Å². The van der Waals surface area contributed by atoms with Gasteiger partial charge in [0.1, 0.15) is 0 Å². The first-order chi connectivity index (χ1) is 9.40. The normalized spacial score (nSPS) is 10.4. The molecule has 0 aliphatic heterocycles. The van der Waals surface area contributed by atoms with Gasteiger partial charge < -0.3 is 11.1 Å². The van der Waals surface area contributed by atoms with Gasteiger partial charge in [-0.1, -0.05) is 12.1 Å². The quantitative estimate of drug-likeness (QED) is 0.610. The van der Waals surface area contributed by atoms with Crippen LogP contribution < -0.4 is 11.1 Å². The molecular weight excluding hydrogens is 363 g/mol. The summed E-state index contributed by atoms with van der Waals surface area (Å²) in [6, 6.07) is 9.52. The van der Waals surface area contributed by atoms with Crippen molar-refractivity contribution in [1.82, 2.24) is 0 Å². The molecule has 0 saturated carbocycles. The van der Waals surface area contributed by atoms with Crippen molar-refractivity contribution in [2.24, 2.45) is 0 Å². The summed E-state index contributed by atoms with van der Waals surface area (Å²) < 4.78 is 0.979. The Balaban J connectivity index is 2.33. The van der Waals surface area contributed by atoms with Crippen LogP contribution in [0.2, 0.25) is 0 Å². The monoisotopic (exact) mass is 380 g/mol. The largest absolute Gasteiger partial charge is 0.399 e. The number of hydrogen-bond acceptors (Lipinski definition) is 2. The lowest BCUT2D eigenvalue weighted by molar-refractivity contribution is 0.102. The predicted molar refractivity (Wildman–Crippen MR) is 92.2 cm³/mol. The first-order valence-electron chi connectivity index (χ1n) is 6.33. The molecule has 0 aliphatic carbocycles. The van der Waals surface area contributed by atoms with Gasteiger partial charge in [0.05, 0.1) is 5.56 Å². The van der Waals surface area contributed by atoms with E-state index in [0.29, 0.717) is 5.56 Å². The predicted octanol–water partition coefficient (Wildman–Crippen LogP) is 4.05. The highest BCUT2D eigenvalue weighted by atomic mass is 127. The molecule has 3 nitrogen and oxygen atoms in total. The molecule has 0 fully saturated rings. The van der Waals surface area contributed by atoms with Crippen molar-refractivity contribution in [3.8, 4) is 0 Å². The Hall–Kier alpha value is -1.56. The molecule has 0 aliphatic rings. The van der Waals surface area contributed by atoms with Gasteiger partial charge in [0, 0.05) is 14.9 Å². The van der Waals surface area contributed by atoms with Crippen LogP contribution in [0.4, 0.5) is 11.4 Å². The van der Waals surface area contributed by atoms with Crippen molar-refractivity contribution in [2.45, 2.75) is 20.8 Å². The minimum atomic E-state index is -0.0922. The first kappa shape index (κ1) is 14.8. The number of amides is 1. The van der Waals surface area contributed by atoms with Crippen LogP contribution >= 0.6 is 22.6 Å². The molecule has 0 heterocycles. The number of benzene rings is 2. The molecule has 2 aromatic rings. The Labute approximate surface area is 132 Å². The Kier molecular flexibility index (Phi) is 4.32. The van der Waals surface area contributed by atoms with Gasteiger partial charge in [-0.15, -0.1) is 0 Å². The van der Waals surface area contributed by atoms with Crippen LogP contribution in [-0.2, 0) is 0 Å². The fourth-order valence-corrected chi connectivity index (χ4v) is 2.59. The Bertz CT molecular complexity index is 680. The number of halogens is 1. The van der Waals surface area contributed by atoms with Gasteiger partial charge in [-0.3, -0.25) is 4.79 Å². The van der Waals surface area contributed by atoms with E-state index in [9.17, 15) is 4.79 Å². The van der Waals surface area contributed by atoms with Gasteiger partial charge in [0.25, 0.3) is 5.91 Å². The number of carbonyl (C=O) groups is 1. The van der Waals surface area contributed by atoms with Crippen LogP contribution in [0.5, 0.6) is 0 Å². The zero-order chi connectivity index (χ0) is 14.9. The van der Waals surface area contributed by atoms with Crippen LogP contribution in [0.25, 0.3) is 0 Å². The molecule has 0 spiro atoms. The van der Waals surface area contributed by atoms with E-state index in [2.05, 4.69) is 27.9 Å². The van der Waals surface area contributed by atoms with Crippen molar-refractivity contribution in [1.29, 1.82) is 0 Å². The highest BCUT2D eigenvalue weighted by molar-refractivity contribution is 14.1. The Morgan fingerprint density at radius 3 is 2.50 bits per heavy atom. The molecule has 1 amide bonds. The summed E-state index contributed by atoms with van der Waals surface area (Å²) in [5, 5.41) is 2.96. The van der Waals surface area contributed by atoms with Crippen LogP contribution in [0.3, 0.4) is 0 Å².